The lowest BCUT2D eigenvalue weighted by molar-refractivity contribution is -0.151. The molecule has 0 fully saturated rings. The average molecular weight is 442 g/mol. The Bertz CT molecular complexity index is 1150. The molecule has 0 saturated carbocycles. The third-order valence-electron chi connectivity index (χ3n) is 5.28. The van der Waals surface area contributed by atoms with Gasteiger partial charge in [-0.25, -0.2) is 9.18 Å². The molecule has 0 aliphatic carbocycles. The van der Waals surface area contributed by atoms with Gasteiger partial charge in [0.1, 0.15) is 17.8 Å². The number of carbonyl (C=O) groups excluding carboxylic acids is 1. The van der Waals surface area contributed by atoms with E-state index in [1.165, 1.54) is 13.0 Å². The summed E-state index contributed by atoms with van der Waals surface area (Å²) in [5.41, 5.74) is 0.299. The van der Waals surface area contributed by atoms with Crippen LogP contribution in [0.4, 0.5) is 4.39 Å². The number of hydrogen-bond donors (Lipinski definition) is 4. The largest absolute Gasteiger partial charge is 0.481 e. The zero-order valence-corrected chi connectivity index (χ0v) is 17.3. The molecule has 8 nitrogen and oxygen atoms in total. The van der Waals surface area contributed by atoms with Crippen LogP contribution >= 0.6 is 0 Å². The van der Waals surface area contributed by atoms with Gasteiger partial charge in [0, 0.05) is 11.6 Å². The second kappa shape index (κ2) is 9.61. The minimum atomic E-state index is -1.49. The van der Waals surface area contributed by atoms with Gasteiger partial charge < -0.3 is 19.9 Å². The number of H-pyrrole nitrogens is 1. The first kappa shape index (κ1) is 23.0. The van der Waals surface area contributed by atoms with Gasteiger partial charge in [-0.15, -0.1) is 0 Å². The predicted octanol–water partition coefficient (Wildman–Crippen LogP) is 2.59. The lowest BCUT2D eigenvalue weighted by Crippen LogP contribution is -2.44. The molecule has 0 radical (unpaired) electrons. The second-order valence-electron chi connectivity index (χ2n) is 7.84. The van der Waals surface area contributed by atoms with Crippen LogP contribution in [0.2, 0.25) is 0 Å². The molecule has 0 saturated heterocycles. The number of aliphatic carboxylic acids is 1. The van der Waals surface area contributed by atoms with Gasteiger partial charge in [-0.3, -0.25) is 14.6 Å². The van der Waals surface area contributed by atoms with Crippen molar-refractivity contribution < 1.29 is 28.6 Å². The smallest absolute Gasteiger partial charge is 0.416 e. The summed E-state index contributed by atoms with van der Waals surface area (Å²) in [4.78, 5) is 37.6. The number of aromatic nitrogens is 1. The van der Waals surface area contributed by atoms with Gasteiger partial charge in [-0.2, -0.15) is 0 Å². The van der Waals surface area contributed by atoms with Crippen molar-refractivity contribution in [2.24, 2.45) is 5.41 Å². The summed E-state index contributed by atoms with van der Waals surface area (Å²) in [5.74, 6) is -2.98. The van der Waals surface area contributed by atoms with E-state index in [9.17, 15) is 29.0 Å². The molecule has 1 amide bonds. The van der Waals surface area contributed by atoms with Crippen molar-refractivity contribution in [3.63, 3.8) is 0 Å². The van der Waals surface area contributed by atoms with Crippen molar-refractivity contribution in [2.75, 3.05) is 6.61 Å². The molecule has 1 heterocycles. The monoisotopic (exact) mass is 442 g/mol. The molecule has 0 aliphatic rings. The highest BCUT2D eigenvalue weighted by Gasteiger charge is 2.36. The van der Waals surface area contributed by atoms with Crippen LogP contribution in [0.5, 0.6) is 0 Å². The van der Waals surface area contributed by atoms with E-state index >= 15 is 0 Å². The van der Waals surface area contributed by atoms with Crippen LogP contribution in [0.1, 0.15) is 29.4 Å². The van der Waals surface area contributed by atoms with Crippen molar-refractivity contribution in [3.05, 3.63) is 82.4 Å². The summed E-state index contributed by atoms with van der Waals surface area (Å²) in [6, 6.07) is 12.7. The molecule has 3 aromatic rings. The molecular weight excluding hydrogens is 419 g/mol. The Morgan fingerprint density at radius 2 is 1.88 bits per heavy atom. The van der Waals surface area contributed by atoms with Crippen molar-refractivity contribution in [1.29, 1.82) is 0 Å². The fraction of sp³-hybridized carbons (Fsp3) is 0.261. The maximum atomic E-state index is 14.0. The van der Waals surface area contributed by atoms with Crippen LogP contribution in [-0.4, -0.2) is 39.7 Å². The standard InChI is InChI=1S/C23H23FN2O6/c1-23(13-27,21(29)30)11-16(25-20(28)19-12-32-22(31)26-19)10-14-6-8-15(9-7-14)17-4-2-3-5-18(17)24/h2-9,12,16,27H,10-11,13H2,1H3,(H,25,28)(H,26,31)(H,29,30)/t16-,23+/m1/s1. The number of hydrogen-bond acceptors (Lipinski definition) is 5. The molecule has 3 rings (SSSR count). The van der Waals surface area contributed by atoms with Crippen LogP contribution in [0.15, 0.2) is 64.0 Å². The van der Waals surface area contributed by atoms with Gasteiger partial charge in [-0.1, -0.05) is 42.5 Å². The van der Waals surface area contributed by atoms with Gasteiger partial charge in [0.2, 0.25) is 0 Å². The second-order valence-corrected chi connectivity index (χ2v) is 7.84. The Morgan fingerprint density at radius 3 is 2.44 bits per heavy atom. The third-order valence-corrected chi connectivity index (χ3v) is 5.28. The van der Waals surface area contributed by atoms with Crippen LogP contribution in [-0.2, 0) is 11.2 Å². The first-order valence-electron chi connectivity index (χ1n) is 9.88. The first-order chi connectivity index (χ1) is 15.2. The molecule has 168 valence electrons. The zero-order valence-electron chi connectivity index (χ0n) is 17.3. The highest BCUT2D eigenvalue weighted by Crippen LogP contribution is 2.26. The minimum absolute atomic E-state index is 0.0677. The van der Waals surface area contributed by atoms with Gasteiger partial charge in [-0.05, 0) is 37.0 Å². The molecular formula is C23H23FN2O6. The summed E-state index contributed by atoms with van der Waals surface area (Å²) >= 11 is 0. The number of amides is 1. The van der Waals surface area contributed by atoms with E-state index in [1.807, 2.05) is 0 Å². The van der Waals surface area contributed by atoms with Crippen LogP contribution in [0.3, 0.4) is 0 Å². The Kier molecular flexibility index (Phi) is 6.89. The number of nitrogens with one attached hydrogen (secondary N) is 2. The molecule has 1 aromatic heterocycles. The summed E-state index contributed by atoms with van der Waals surface area (Å²) in [5, 5.41) is 21.8. The summed E-state index contributed by atoms with van der Waals surface area (Å²) in [7, 11) is 0. The number of carboxylic acids is 1. The molecule has 9 heteroatoms. The van der Waals surface area contributed by atoms with E-state index in [0.29, 0.717) is 11.1 Å². The van der Waals surface area contributed by atoms with E-state index in [-0.39, 0.29) is 24.4 Å². The predicted molar refractivity (Wildman–Crippen MR) is 114 cm³/mol. The molecule has 2 aromatic carbocycles. The number of aliphatic hydroxyl groups is 1. The maximum Gasteiger partial charge on any atom is 0.416 e. The van der Waals surface area contributed by atoms with Crippen molar-refractivity contribution in [2.45, 2.75) is 25.8 Å². The lowest BCUT2D eigenvalue weighted by Gasteiger charge is -2.28. The third kappa shape index (κ3) is 5.30. The molecule has 32 heavy (non-hydrogen) atoms. The molecule has 2 atom stereocenters. The van der Waals surface area contributed by atoms with E-state index in [4.69, 9.17) is 0 Å². The number of aromatic amines is 1. The Morgan fingerprint density at radius 1 is 1.19 bits per heavy atom. The van der Waals surface area contributed by atoms with E-state index < -0.39 is 35.7 Å². The number of aliphatic hydroxyl groups excluding tert-OH is 1. The summed E-state index contributed by atoms with van der Waals surface area (Å²) < 4.78 is 18.6. The number of rotatable bonds is 9. The quantitative estimate of drug-likeness (QED) is 0.403. The Balaban J connectivity index is 1.82. The number of carboxylic acid groups (broad SMARTS) is 1. The number of carbonyl (C=O) groups is 2. The Hall–Kier alpha value is -3.72. The maximum absolute atomic E-state index is 14.0. The van der Waals surface area contributed by atoms with Crippen molar-refractivity contribution in [3.8, 4) is 11.1 Å². The molecule has 0 bridgehead atoms. The zero-order chi connectivity index (χ0) is 23.3. The van der Waals surface area contributed by atoms with E-state index in [0.717, 1.165) is 11.8 Å². The SMILES string of the molecule is C[C@@](CO)(C[C@@H](Cc1ccc(-c2ccccc2F)cc1)NC(=O)c1coc(=O)[nH]1)C(=O)O. The number of halogens is 1. The molecule has 0 aliphatic heterocycles. The topological polar surface area (TPSA) is 133 Å². The van der Waals surface area contributed by atoms with Crippen molar-refractivity contribution in [1.82, 2.24) is 10.3 Å². The van der Waals surface area contributed by atoms with Crippen LogP contribution < -0.4 is 11.1 Å². The normalized spacial score (nSPS) is 13.8. The number of oxazole rings is 1. The van der Waals surface area contributed by atoms with E-state index in [2.05, 4.69) is 14.7 Å². The molecule has 0 spiro atoms. The summed E-state index contributed by atoms with van der Waals surface area (Å²) in [6.07, 6.45) is 1.15. The van der Waals surface area contributed by atoms with Crippen LogP contribution in [0.25, 0.3) is 11.1 Å². The number of benzene rings is 2. The highest BCUT2D eigenvalue weighted by atomic mass is 19.1. The van der Waals surface area contributed by atoms with Gasteiger partial charge in [0.25, 0.3) is 5.91 Å². The fourth-order valence-electron chi connectivity index (χ4n) is 3.39. The van der Waals surface area contributed by atoms with Gasteiger partial charge in [0.05, 0.1) is 12.0 Å². The Labute approximate surface area is 182 Å². The minimum Gasteiger partial charge on any atom is -0.481 e. The lowest BCUT2D eigenvalue weighted by atomic mass is 9.82. The van der Waals surface area contributed by atoms with Crippen molar-refractivity contribution >= 4 is 11.9 Å². The van der Waals surface area contributed by atoms with Crippen LogP contribution in [0, 0.1) is 11.2 Å². The van der Waals surface area contributed by atoms with E-state index in [1.54, 1.807) is 42.5 Å². The van der Waals surface area contributed by atoms with Gasteiger partial charge in [0.15, 0.2) is 0 Å². The average Bonchev–Trinajstić information content (AvgIpc) is 3.21. The fourth-order valence-corrected chi connectivity index (χ4v) is 3.39. The first-order valence-corrected chi connectivity index (χ1v) is 9.88. The summed E-state index contributed by atoms with van der Waals surface area (Å²) in [6.45, 7) is 0.763. The highest BCUT2D eigenvalue weighted by molar-refractivity contribution is 5.92. The van der Waals surface area contributed by atoms with Gasteiger partial charge >= 0.3 is 11.7 Å². The molecule has 0 unspecified atom stereocenters. The molecule has 4 N–H and O–H groups in total.